The van der Waals surface area contributed by atoms with Gasteiger partial charge < -0.3 is 11.1 Å². The number of benzene rings is 2. The zero-order valence-electron chi connectivity index (χ0n) is 10.8. The molecule has 1 atom stereocenters. The van der Waals surface area contributed by atoms with E-state index in [0.29, 0.717) is 11.6 Å². The third-order valence-electron chi connectivity index (χ3n) is 3.33. The lowest BCUT2D eigenvalue weighted by atomic mass is 10.1. The van der Waals surface area contributed by atoms with Gasteiger partial charge in [0.25, 0.3) is 0 Å². The van der Waals surface area contributed by atoms with Crippen molar-refractivity contribution >= 4 is 38.7 Å². The molecule has 0 fully saturated rings. The van der Waals surface area contributed by atoms with Crippen LogP contribution < -0.4 is 11.1 Å². The molecule has 0 aliphatic heterocycles. The minimum atomic E-state index is 0.0612. The molecule has 0 radical (unpaired) electrons. The highest BCUT2D eigenvalue weighted by molar-refractivity contribution is 7.17. The van der Waals surface area contributed by atoms with Crippen molar-refractivity contribution in [3.8, 4) is 0 Å². The van der Waals surface area contributed by atoms with Gasteiger partial charge in [0.05, 0.1) is 16.8 Å². The Labute approximate surface area is 127 Å². The molecule has 2 aromatic carbocycles. The SMILES string of the molecule is NCC(Nc1ccccc1Cl)c1csc2ccccc12. The van der Waals surface area contributed by atoms with Gasteiger partial charge in [0, 0.05) is 11.2 Å². The van der Waals surface area contributed by atoms with E-state index >= 15 is 0 Å². The Hall–Kier alpha value is -1.55. The Morgan fingerprint density at radius 3 is 2.65 bits per heavy atom. The molecule has 1 aromatic heterocycles. The van der Waals surface area contributed by atoms with Crippen LogP contribution in [-0.2, 0) is 0 Å². The summed E-state index contributed by atoms with van der Waals surface area (Å²) in [5.41, 5.74) is 8.10. The van der Waals surface area contributed by atoms with E-state index in [1.54, 1.807) is 11.3 Å². The maximum atomic E-state index is 6.20. The lowest BCUT2D eigenvalue weighted by Gasteiger charge is -2.18. The van der Waals surface area contributed by atoms with Gasteiger partial charge in [0.1, 0.15) is 0 Å². The molecule has 0 aliphatic rings. The average molecular weight is 303 g/mol. The number of nitrogens with two attached hydrogens (primary N) is 1. The van der Waals surface area contributed by atoms with Crippen LogP contribution in [0.2, 0.25) is 5.02 Å². The first-order valence-corrected chi connectivity index (χ1v) is 7.72. The fourth-order valence-corrected chi connectivity index (χ4v) is 3.50. The first-order chi connectivity index (χ1) is 9.79. The predicted molar refractivity (Wildman–Crippen MR) is 88.7 cm³/mol. The fraction of sp³-hybridized carbons (Fsp3) is 0.125. The molecule has 3 rings (SSSR count). The van der Waals surface area contributed by atoms with Gasteiger partial charge in [0.2, 0.25) is 0 Å². The highest BCUT2D eigenvalue weighted by Crippen LogP contribution is 2.33. The van der Waals surface area contributed by atoms with E-state index in [2.05, 4.69) is 35.0 Å². The van der Waals surface area contributed by atoms with Gasteiger partial charge in [-0.1, -0.05) is 41.9 Å². The molecule has 0 bridgehead atoms. The largest absolute Gasteiger partial charge is 0.376 e. The van der Waals surface area contributed by atoms with Crippen LogP contribution in [0.3, 0.4) is 0 Å². The van der Waals surface area contributed by atoms with Crippen molar-refractivity contribution in [2.45, 2.75) is 6.04 Å². The first kappa shape index (κ1) is 13.4. The molecule has 102 valence electrons. The van der Waals surface area contributed by atoms with Gasteiger partial charge in [-0.25, -0.2) is 0 Å². The molecule has 0 amide bonds. The van der Waals surface area contributed by atoms with E-state index in [9.17, 15) is 0 Å². The van der Waals surface area contributed by atoms with Gasteiger partial charge in [-0.05, 0) is 34.5 Å². The standard InChI is InChI=1S/C16H15ClN2S/c17-13-6-2-3-7-14(13)19-15(9-18)12-10-20-16-8-4-1-5-11(12)16/h1-8,10,15,19H,9,18H2. The van der Waals surface area contributed by atoms with Gasteiger partial charge >= 0.3 is 0 Å². The Balaban J connectivity index is 1.96. The van der Waals surface area contributed by atoms with Crippen molar-refractivity contribution in [2.24, 2.45) is 5.73 Å². The molecule has 0 saturated carbocycles. The van der Waals surface area contributed by atoms with E-state index in [1.807, 2.05) is 24.3 Å². The molecule has 0 saturated heterocycles. The third-order valence-corrected chi connectivity index (χ3v) is 4.64. The first-order valence-electron chi connectivity index (χ1n) is 6.47. The highest BCUT2D eigenvalue weighted by atomic mass is 35.5. The lowest BCUT2D eigenvalue weighted by molar-refractivity contribution is 0.799. The summed E-state index contributed by atoms with van der Waals surface area (Å²) in [6.07, 6.45) is 0. The van der Waals surface area contributed by atoms with Crippen LogP contribution >= 0.6 is 22.9 Å². The molecule has 2 nitrogen and oxygen atoms in total. The second-order valence-corrected chi connectivity index (χ2v) is 5.92. The van der Waals surface area contributed by atoms with Crippen molar-refractivity contribution in [3.63, 3.8) is 0 Å². The van der Waals surface area contributed by atoms with Gasteiger partial charge in [-0.2, -0.15) is 0 Å². The van der Waals surface area contributed by atoms with Crippen molar-refractivity contribution in [2.75, 3.05) is 11.9 Å². The summed E-state index contributed by atoms with van der Waals surface area (Å²) in [4.78, 5) is 0. The van der Waals surface area contributed by atoms with Crippen molar-refractivity contribution in [1.82, 2.24) is 0 Å². The Morgan fingerprint density at radius 1 is 1.10 bits per heavy atom. The van der Waals surface area contributed by atoms with Crippen molar-refractivity contribution < 1.29 is 0 Å². The summed E-state index contributed by atoms with van der Waals surface area (Å²) in [7, 11) is 0. The molecular weight excluding hydrogens is 288 g/mol. The predicted octanol–water partition coefficient (Wildman–Crippen LogP) is 4.67. The van der Waals surface area contributed by atoms with E-state index < -0.39 is 0 Å². The number of halogens is 1. The van der Waals surface area contributed by atoms with Gasteiger partial charge in [-0.3, -0.25) is 0 Å². The Kier molecular flexibility index (Phi) is 3.92. The Morgan fingerprint density at radius 2 is 1.85 bits per heavy atom. The third kappa shape index (κ3) is 2.52. The smallest absolute Gasteiger partial charge is 0.0650 e. The van der Waals surface area contributed by atoms with Crippen LogP contribution in [0.15, 0.2) is 53.9 Å². The molecule has 1 unspecified atom stereocenters. The summed E-state index contributed by atoms with van der Waals surface area (Å²) >= 11 is 7.95. The quantitative estimate of drug-likeness (QED) is 0.735. The van der Waals surface area contributed by atoms with Gasteiger partial charge in [-0.15, -0.1) is 11.3 Å². The van der Waals surface area contributed by atoms with Crippen LogP contribution in [0.5, 0.6) is 0 Å². The van der Waals surface area contributed by atoms with Crippen molar-refractivity contribution in [1.29, 1.82) is 0 Å². The number of nitrogens with one attached hydrogen (secondary N) is 1. The van der Waals surface area contributed by atoms with Crippen LogP contribution in [0.1, 0.15) is 11.6 Å². The Bertz CT molecular complexity index is 723. The number of thiophene rings is 1. The van der Waals surface area contributed by atoms with Crippen LogP contribution in [0, 0.1) is 0 Å². The van der Waals surface area contributed by atoms with Crippen LogP contribution in [0.4, 0.5) is 5.69 Å². The molecule has 1 heterocycles. The summed E-state index contributed by atoms with van der Waals surface area (Å²) in [6, 6.07) is 16.2. The van der Waals surface area contributed by atoms with Crippen molar-refractivity contribution in [3.05, 3.63) is 64.5 Å². The molecule has 3 aromatic rings. The molecule has 3 N–H and O–H groups in total. The highest BCUT2D eigenvalue weighted by Gasteiger charge is 2.15. The second-order valence-electron chi connectivity index (χ2n) is 4.60. The molecule has 0 aliphatic carbocycles. The van der Waals surface area contributed by atoms with E-state index in [-0.39, 0.29) is 6.04 Å². The summed E-state index contributed by atoms with van der Waals surface area (Å²) in [6.45, 7) is 0.520. The normalized spacial score (nSPS) is 12.5. The van der Waals surface area contributed by atoms with E-state index in [0.717, 1.165) is 5.69 Å². The number of hydrogen-bond acceptors (Lipinski definition) is 3. The number of hydrogen-bond donors (Lipinski definition) is 2. The summed E-state index contributed by atoms with van der Waals surface area (Å²) in [5.74, 6) is 0. The minimum absolute atomic E-state index is 0.0612. The maximum Gasteiger partial charge on any atom is 0.0650 e. The van der Waals surface area contributed by atoms with E-state index in [1.165, 1.54) is 15.6 Å². The maximum absolute atomic E-state index is 6.20. The van der Waals surface area contributed by atoms with Crippen LogP contribution in [0.25, 0.3) is 10.1 Å². The lowest BCUT2D eigenvalue weighted by Crippen LogP contribution is -2.20. The molecular formula is C16H15ClN2S. The molecule has 20 heavy (non-hydrogen) atoms. The second kappa shape index (κ2) is 5.83. The van der Waals surface area contributed by atoms with Gasteiger partial charge in [0.15, 0.2) is 0 Å². The number of anilines is 1. The zero-order valence-corrected chi connectivity index (χ0v) is 12.4. The average Bonchev–Trinajstić information content (AvgIpc) is 2.90. The number of fused-ring (bicyclic) bond motifs is 1. The summed E-state index contributed by atoms with van der Waals surface area (Å²) < 4.78 is 1.28. The summed E-state index contributed by atoms with van der Waals surface area (Å²) in [5, 5.41) is 7.58. The van der Waals surface area contributed by atoms with E-state index in [4.69, 9.17) is 17.3 Å². The monoisotopic (exact) mass is 302 g/mol. The van der Waals surface area contributed by atoms with Crippen LogP contribution in [-0.4, -0.2) is 6.54 Å². The molecule has 4 heteroatoms. The fourth-order valence-electron chi connectivity index (χ4n) is 2.30. The number of para-hydroxylation sites is 1. The number of rotatable bonds is 4. The minimum Gasteiger partial charge on any atom is -0.376 e. The topological polar surface area (TPSA) is 38.0 Å². The zero-order chi connectivity index (χ0) is 13.9. The molecule has 0 spiro atoms.